The zero-order chi connectivity index (χ0) is 15.8. The molecule has 2 rings (SSSR count). The lowest BCUT2D eigenvalue weighted by Crippen LogP contribution is -1.99. The predicted molar refractivity (Wildman–Crippen MR) is 86.0 cm³/mol. The molecular formula is C17H17N3O2. The molecule has 2 aromatic rings. The van der Waals surface area contributed by atoms with Crippen LogP contribution in [0.1, 0.15) is 23.2 Å². The second kappa shape index (κ2) is 7.86. The first-order valence-electron chi connectivity index (χ1n) is 7.03. The minimum atomic E-state index is 0.0643. The van der Waals surface area contributed by atoms with Gasteiger partial charge in [-0.15, -0.1) is 0 Å². The van der Waals surface area contributed by atoms with Crippen molar-refractivity contribution in [3.8, 4) is 16.9 Å². The summed E-state index contributed by atoms with van der Waals surface area (Å²) in [5.41, 5.74) is 11.0. The molecule has 5 nitrogen and oxygen atoms in total. The zero-order valence-corrected chi connectivity index (χ0v) is 12.4. The standard InChI is InChI=1S/C17H17N3O2/c1-22-16-10-8-14(9-11-16)13-4-6-15(7-5-13)17(21)3-2-12-19-20-18/h4-11H,2-3,12H2,1H3. The monoisotopic (exact) mass is 295 g/mol. The van der Waals surface area contributed by atoms with Gasteiger partial charge in [-0.2, -0.15) is 0 Å². The van der Waals surface area contributed by atoms with E-state index in [2.05, 4.69) is 10.0 Å². The molecule has 0 fully saturated rings. The number of benzene rings is 2. The summed E-state index contributed by atoms with van der Waals surface area (Å²) in [6, 6.07) is 15.3. The van der Waals surface area contributed by atoms with Gasteiger partial charge in [0.15, 0.2) is 5.78 Å². The van der Waals surface area contributed by atoms with Gasteiger partial charge in [0.1, 0.15) is 5.75 Å². The van der Waals surface area contributed by atoms with Crippen molar-refractivity contribution in [3.63, 3.8) is 0 Å². The maximum Gasteiger partial charge on any atom is 0.162 e. The first-order valence-corrected chi connectivity index (χ1v) is 7.03. The summed E-state index contributed by atoms with van der Waals surface area (Å²) >= 11 is 0. The smallest absolute Gasteiger partial charge is 0.162 e. The number of hydrogen-bond donors (Lipinski definition) is 0. The van der Waals surface area contributed by atoms with Crippen molar-refractivity contribution in [3.05, 3.63) is 64.5 Å². The van der Waals surface area contributed by atoms with Crippen molar-refractivity contribution in [2.75, 3.05) is 13.7 Å². The van der Waals surface area contributed by atoms with Crippen molar-refractivity contribution in [2.45, 2.75) is 12.8 Å². The molecular weight excluding hydrogens is 278 g/mol. The van der Waals surface area contributed by atoms with Gasteiger partial charge in [-0.25, -0.2) is 0 Å². The number of carbonyl (C=O) groups is 1. The van der Waals surface area contributed by atoms with Gasteiger partial charge >= 0.3 is 0 Å². The molecule has 0 radical (unpaired) electrons. The largest absolute Gasteiger partial charge is 0.497 e. The summed E-state index contributed by atoms with van der Waals surface area (Å²) in [4.78, 5) is 14.7. The van der Waals surface area contributed by atoms with Gasteiger partial charge in [-0.3, -0.25) is 4.79 Å². The molecule has 0 unspecified atom stereocenters. The number of ketones is 1. The van der Waals surface area contributed by atoms with E-state index in [9.17, 15) is 4.79 Å². The summed E-state index contributed by atoms with van der Waals surface area (Å²) in [5, 5.41) is 3.42. The van der Waals surface area contributed by atoms with Crippen molar-refractivity contribution in [1.82, 2.24) is 0 Å². The Morgan fingerprint density at radius 3 is 2.23 bits per heavy atom. The highest BCUT2D eigenvalue weighted by atomic mass is 16.5. The molecule has 0 aliphatic rings. The average Bonchev–Trinajstić information content (AvgIpc) is 2.59. The lowest BCUT2D eigenvalue weighted by Gasteiger charge is -2.05. The fraction of sp³-hybridized carbons (Fsp3) is 0.235. The molecule has 0 aliphatic carbocycles. The summed E-state index contributed by atoms with van der Waals surface area (Å²) in [5.74, 6) is 0.880. The topological polar surface area (TPSA) is 75.1 Å². The van der Waals surface area contributed by atoms with Gasteiger partial charge in [0.25, 0.3) is 0 Å². The minimum absolute atomic E-state index is 0.0643. The molecule has 0 N–H and O–H groups in total. The molecule has 2 aromatic carbocycles. The lowest BCUT2D eigenvalue weighted by atomic mass is 10.0. The second-order valence-corrected chi connectivity index (χ2v) is 4.79. The van der Waals surface area contributed by atoms with Crippen molar-refractivity contribution in [2.24, 2.45) is 5.11 Å². The van der Waals surface area contributed by atoms with Crippen LogP contribution in [0.4, 0.5) is 0 Å². The third kappa shape index (κ3) is 4.11. The first-order chi connectivity index (χ1) is 10.7. The van der Waals surface area contributed by atoms with E-state index in [1.54, 1.807) is 7.11 Å². The fourth-order valence-electron chi connectivity index (χ4n) is 2.13. The SMILES string of the molecule is COc1ccc(-c2ccc(C(=O)CCCN=[N+]=[N-])cc2)cc1. The van der Waals surface area contributed by atoms with Crippen molar-refractivity contribution >= 4 is 5.78 Å². The Labute approximate surface area is 129 Å². The summed E-state index contributed by atoms with van der Waals surface area (Å²) in [6.07, 6.45) is 0.962. The number of azide groups is 1. The lowest BCUT2D eigenvalue weighted by molar-refractivity contribution is 0.0981. The Morgan fingerprint density at radius 1 is 1.09 bits per heavy atom. The number of ether oxygens (including phenoxy) is 1. The van der Waals surface area contributed by atoms with E-state index < -0.39 is 0 Å². The van der Waals surface area contributed by atoms with Crippen molar-refractivity contribution in [1.29, 1.82) is 0 Å². The highest BCUT2D eigenvalue weighted by Gasteiger charge is 2.06. The van der Waals surface area contributed by atoms with E-state index >= 15 is 0 Å². The molecule has 0 spiro atoms. The van der Waals surface area contributed by atoms with Crippen molar-refractivity contribution < 1.29 is 9.53 Å². The number of carbonyl (C=O) groups excluding carboxylic acids is 1. The van der Waals surface area contributed by atoms with Gasteiger partial charge in [0.2, 0.25) is 0 Å². The highest BCUT2D eigenvalue weighted by molar-refractivity contribution is 5.96. The van der Waals surface area contributed by atoms with E-state index in [1.807, 2.05) is 48.5 Å². The number of Topliss-reactive ketones (excluding diaryl/α,β-unsaturated/α-hetero) is 1. The molecule has 0 saturated carbocycles. The average molecular weight is 295 g/mol. The van der Waals surface area contributed by atoms with Crippen LogP contribution < -0.4 is 4.74 Å². The van der Waals surface area contributed by atoms with Crippen LogP contribution in [0, 0.1) is 0 Å². The summed E-state index contributed by atoms with van der Waals surface area (Å²) < 4.78 is 5.14. The Hall–Kier alpha value is -2.78. The van der Waals surface area contributed by atoms with E-state index in [-0.39, 0.29) is 5.78 Å². The molecule has 0 aromatic heterocycles. The fourth-order valence-corrected chi connectivity index (χ4v) is 2.13. The quantitative estimate of drug-likeness (QED) is 0.245. The van der Waals surface area contributed by atoms with Crippen LogP contribution in [-0.2, 0) is 0 Å². The van der Waals surface area contributed by atoms with E-state index in [0.717, 1.165) is 16.9 Å². The second-order valence-electron chi connectivity index (χ2n) is 4.79. The van der Waals surface area contributed by atoms with Gasteiger partial charge in [-0.1, -0.05) is 41.5 Å². The minimum Gasteiger partial charge on any atom is -0.497 e. The van der Waals surface area contributed by atoms with E-state index in [4.69, 9.17) is 10.3 Å². The summed E-state index contributed by atoms with van der Waals surface area (Å²) in [7, 11) is 1.64. The van der Waals surface area contributed by atoms with E-state index in [0.29, 0.717) is 24.9 Å². The highest BCUT2D eigenvalue weighted by Crippen LogP contribution is 2.23. The zero-order valence-electron chi connectivity index (χ0n) is 12.4. The molecule has 0 saturated heterocycles. The van der Waals surface area contributed by atoms with Gasteiger partial charge in [0, 0.05) is 23.4 Å². The third-order valence-electron chi connectivity index (χ3n) is 3.36. The molecule has 0 heterocycles. The molecule has 112 valence electrons. The van der Waals surface area contributed by atoms with Crippen LogP contribution in [0.2, 0.25) is 0 Å². The summed E-state index contributed by atoms with van der Waals surface area (Å²) in [6.45, 7) is 0.353. The molecule has 0 amide bonds. The predicted octanol–water partition coefficient (Wildman–Crippen LogP) is 4.64. The van der Waals surface area contributed by atoms with Crippen LogP contribution in [0.25, 0.3) is 21.6 Å². The van der Waals surface area contributed by atoms with Gasteiger partial charge < -0.3 is 4.74 Å². The Morgan fingerprint density at radius 2 is 1.68 bits per heavy atom. The van der Waals surface area contributed by atoms with Crippen LogP contribution >= 0.6 is 0 Å². The number of rotatable bonds is 7. The first kappa shape index (κ1) is 15.6. The number of hydrogen-bond acceptors (Lipinski definition) is 3. The molecule has 0 atom stereocenters. The maximum absolute atomic E-state index is 12.0. The molecule has 22 heavy (non-hydrogen) atoms. The molecule has 0 bridgehead atoms. The Kier molecular flexibility index (Phi) is 5.57. The van der Waals surface area contributed by atoms with Crippen LogP contribution in [0.5, 0.6) is 5.75 Å². The molecule has 5 heteroatoms. The number of nitrogens with zero attached hydrogens (tertiary/aromatic N) is 3. The van der Waals surface area contributed by atoms with E-state index in [1.165, 1.54) is 0 Å². The van der Waals surface area contributed by atoms with Gasteiger partial charge in [0.05, 0.1) is 7.11 Å². The normalized spacial score (nSPS) is 9.86. The van der Waals surface area contributed by atoms with Crippen LogP contribution in [-0.4, -0.2) is 19.4 Å². The van der Waals surface area contributed by atoms with Gasteiger partial charge in [-0.05, 0) is 35.2 Å². The van der Waals surface area contributed by atoms with Crippen LogP contribution in [0.15, 0.2) is 53.6 Å². The Bertz CT molecular complexity index is 672. The molecule has 0 aliphatic heterocycles. The third-order valence-corrected chi connectivity index (χ3v) is 3.36. The maximum atomic E-state index is 12.0. The van der Waals surface area contributed by atoms with Crippen LogP contribution in [0.3, 0.4) is 0 Å². The number of methoxy groups -OCH3 is 1. The Balaban J connectivity index is 2.02.